The van der Waals surface area contributed by atoms with E-state index in [1.807, 2.05) is 61.5 Å². The minimum atomic E-state index is -0.194. The zero-order valence-corrected chi connectivity index (χ0v) is 12.4. The fourth-order valence-corrected chi connectivity index (χ4v) is 2.88. The number of amides is 1. The van der Waals surface area contributed by atoms with E-state index in [4.69, 9.17) is 0 Å². The Kier molecular flexibility index (Phi) is 3.92. The van der Waals surface area contributed by atoms with Gasteiger partial charge in [0, 0.05) is 4.90 Å². The summed E-state index contributed by atoms with van der Waals surface area (Å²) in [5.74, 6) is 0.421. The average Bonchev–Trinajstić information content (AvgIpc) is 2.90. The molecule has 0 radical (unpaired) electrons. The van der Waals surface area contributed by atoms with Crippen LogP contribution < -0.4 is 5.32 Å². The van der Waals surface area contributed by atoms with E-state index in [1.54, 1.807) is 0 Å². The Morgan fingerprint density at radius 2 is 1.86 bits per heavy atom. The monoisotopic (exact) mass is 297 g/mol. The molecule has 106 valence electrons. The summed E-state index contributed by atoms with van der Waals surface area (Å²) in [4.78, 5) is 20.7. The molecule has 4 nitrogen and oxygen atoms in total. The lowest BCUT2D eigenvalue weighted by molar-refractivity contribution is -0.115. The summed E-state index contributed by atoms with van der Waals surface area (Å²) in [7, 11) is 0. The largest absolute Gasteiger partial charge is 0.324 e. The van der Waals surface area contributed by atoms with E-state index in [1.165, 1.54) is 11.8 Å². The van der Waals surface area contributed by atoms with Crippen LogP contribution in [0.2, 0.25) is 0 Å². The van der Waals surface area contributed by atoms with E-state index in [9.17, 15) is 4.79 Å². The third kappa shape index (κ3) is 3.25. The van der Waals surface area contributed by atoms with E-state index in [-0.39, 0.29) is 11.2 Å². The van der Waals surface area contributed by atoms with Gasteiger partial charge < -0.3 is 4.98 Å². The van der Waals surface area contributed by atoms with Crippen LogP contribution in [0.5, 0.6) is 0 Å². The number of H-pyrrole nitrogens is 1. The molecule has 3 rings (SSSR count). The standard InChI is InChI=1S/C16H15N3OS/c1-11(21-12-7-3-2-4-8-12)15(20)19-16-17-13-9-5-6-10-14(13)18-16/h2-11H,1H3,(H2,17,18,19,20)/t11-/m0/s1. The van der Waals surface area contributed by atoms with Crippen molar-refractivity contribution in [2.24, 2.45) is 0 Å². The van der Waals surface area contributed by atoms with Crippen LogP contribution >= 0.6 is 11.8 Å². The lowest BCUT2D eigenvalue weighted by atomic mass is 10.3. The number of nitrogens with zero attached hydrogens (tertiary/aromatic N) is 1. The number of rotatable bonds is 4. The lowest BCUT2D eigenvalue weighted by Gasteiger charge is -2.10. The van der Waals surface area contributed by atoms with E-state index in [0.717, 1.165) is 15.9 Å². The Balaban J connectivity index is 1.68. The molecular formula is C16H15N3OS. The summed E-state index contributed by atoms with van der Waals surface area (Å²) >= 11 is 1.52. The molecule has 0 fully saturated rings. The normalized spacial score (nSPS) is 12.2. The number of hydrogen-bond donors (Lipinski definition) is 2. The molecule has 3 aromatic rings. The molecule has 0 aliphatic carbocycles. The smallest absolute Gasteiger partial charge is 0.239 e. The van der Waals surface area contributed by atoms with Crippen molar-refractivity contribution in [3.05, 3.63) is 54.6 Å². The number of hydrogen-bond acceptors (Lipinski definition) is 3. The quantitative estimate of drug-likeness (QED) is 0.722. The maximum absolute atomic E-state index is 12.2. The second-order valence-electron chi connectivity index (χ2n) is 4.66. The Morgan fingerprint density at radius 1 is 1.14 bits per heavy atom. The predicted octanol–water partition coefficient (Wildman–Crippen LogP) is 3.68. The minimum Gasteiger partial charge on any atom is -0.324 e. The molecule has 0 saturated heterocycles. The number of aromatic amines is 1. The topological polar surface area (TPSA) is 57.8 Å². The first-order valence-electron chi connectivity index (χ1n) is 6.70. The van der Waals surface area contributed by atoms with Crippen molar-refractivity contribution < 1.29 is 4.79 Å². The molecule has 2 N–H and O–H groups in total. The van der Waals surface area contributed by atoms with Crippen LogP contribution in [-0.4, -0.2) is 21.1 Å². The first kappa shape index (κ1) is 13.7. The van der Waals surface area contributed by atoms with Crippen LogP contribution in [0.3, 0.4) is 0 Å². The summed E-state index contributed by atoms with van der Waals surface area (Å²) in [6.45, 7) is 1.88. The highest BCUT2D eigenvalue weighted by atomic mass is 32.2. The summed E-state index contributed by atoms with van der Waals surface area (Å²) in [5, 5.41) is 2.63. The molecule has 0 unspecified atom stereocenters. The zero-order valence-electron chi connectivity index (χ0n) is 11.5. The molecule has 1 heterocycles. The lowest BCUT2D eigenvalue weighted by Crippen LogP contribution is -2.22. The van der Waals surface area contributed by atoms with Crippen molar-refractivity contribution in [2.75, 3.05) is 5.32 Å². The number of benzene rings is 2. The zero-order chi connectivity index (χ0) is 14.7. The number of carbonyl (C=O) groups is 1. The summed E-state index contributed by atoms with van der Waals surface area (Å²) < 4.78 is 0. The molecule has 2 aromatic carbocycles. The predicted molar refractivity (Wildman–Crippen MR) is 86.5 cm³/mol. The maximum atomic E-state index is 12.2. The van der Waals surface area contributed by atoms with Gasteiger partial charge in [-0.3, -0.25) is 10.1 Å². The van der Waals surface area contributed by atoms with Crippen molar-refractivity contribution in [2.45, 2.75) is 17.1 Å². The molecule has 1 amide bonds. The molecule has 0 spiro atoms. The van der Waals surface area contributed by atoms with Gasteiger partial charge in [0.1, 0.15) is 0 Å². The van der Waals surface area contributed by atoms with Crippen LogP contribution in [0, 0.1) is 0 Å². The average molecular weight is 297 g/mol. The van der Waals surface area contributed by atoms with Gasteiger partial charge in [-0.2, -0.15) is 0 Å². The number of thioether (sulfide) groups is 1. The second-order valence-corrected chi connectivity index (χ2v) is 6.08. The number of fused-ring (bicyclic) bond motifs is 1. The number of nitrogens with one attached hydrogen (secondary N) is 2. The number of carbonyl (C=O) groups excluding carboxylic acids is 1. The third-order valence-electron chi connectivity index (χ3n) is 3.06. The van der Waals surface area contributed by atoms with Gasteiger partial charge in [0.15, 0.2) is 0 Å². The number of imidazole rings is 1. The molecule has 0 bridgehead atoms. The minimum absolute atomic E-state index is 0.0668. The van der Waals surface area contributed by atoms with Gasteiger partial charge >= 0.3 is 0 Å². The van der Waals surface area contributed by atoms with Gasteiger partial charge in [0.25, 0.3) is 0 Å². The molecule has 21 heavy (non-hydrogen) atoms. The Labute approximate surface area is 127 Å². The molecule has 5 heteroatoms. The number of anilines is 1. The van der Waals surface area contributed by atoms with E-state index >= 15 is 0 Å². The summed E-state index contributed by atoms with van der Waals surface area (Å²) in [6, 6.07) is 17.6. The highest BCUT2D eigenvalue weighted by Gasteiger charge is 2.15. The Hall–Kier alpha value is -2.27. The van der Waals surface area contributed by atoms with Crippen LogP contribution in [-0.2, 0) is 4.79 Å². The molecule has 0 aliphatic rings. The molecule has 0 saturated carbocycles. The van der Waals surface area contributed by atoms with E-state index < -0.39 is 0 Å². The first-order valence-corrected chi connectivity index (χ1v) is 7.57. The van der Waals surface area contributed by atoms with Crippen molar-refractivity contribution in [1.29, 1.82) is 0 Å². The second kappa shape index (κ2) is 6.01. The Morgan fingerprint density at radius 3 is 2.62 bits per heavy atom. The van der Waals surface area contributed by atoms with Gasteiger partial charge in [0.2, 0.25) is 11.9 Å². The fraction of sp³-hybridized carbons (Fsp3) is 0.125. The molecule has 1 aromatic heterocycles. The summed E-state index contributed by atoms with van der Waals surface area (Å²) in [6.07, 6.45) is 0. The van der Waals surface area contributed by atoms with Crippen molar-refractivity contribution in [3.63, 3.8) is 0 Å². The number of aromatic nitrogens is 2. The van der Waals surface area contributed by atoms with Gasteiger partial charge in [-0.15, -0.1) is 11.8 Å². The van der Waals surface area contributed by atoms with Crippen LogP contribution in [0.4, 0.5) is 5.95 Å². The highest BCUT2D eigenvalue weighted by molar-refractivity contribution is 8.00. The molecule has 0 aliphatic heterocycles. The third-order valence-corrected chi connectivity index (χ3v) is 4.17. The maximum Gasteiger partial charge on any atom is 0.239 e. The highest BCUT2D eigenvalue weighted by Crippen LogP contribution is 2.23. The summed E-state index contributed by atoms with van der Waals surface area (Å²) in [5.41, 5.74) is 1.76. The molecule has 1 atom stereocenters. The van der Waals surface area contributed by atoms with Crippen molar-refractivity contribution in [3.8, 4) is 0 Å². The fourth-order valence-electron chi connectivity index (χ4n) is 1.99. The SMILES string of the molecule is C[C@H](Sc1ccccc1)C(=O)Nc1nc2ccccc2[nH]1. The van der Waals surface area contributed by atoms with Gasteiger partial charge in [-0.05, 0) is 31.2 Å². The van der Waals surface area contributed by atoms with Crippen LogP contribution in [0.25, 0.3) is 11.0 Å². The van der Waals surface area contributed by atoms with E-state index in [2.05, 4.69) is 15.3 Å². The van der Waals surface area contributed by atoms with E-state index in [0.29, 0.717) is 5.95 Å². The first-order chi connectivity index (χ1) is 10.2. The van der Waals surface area contributed by atoms with Crippen LogP contribution in [0.15, 0.2) is 59.5 Å². The van der Waals surface area contributed by atoms with Gasteiger partial charge in [-0.1, -0.05) is 30.3 Å². The molecular weight excluding hydrogens is 282 g/mol. The number of para-hydroxylation sites is 2. The van der Waals surface area contributed by atoms with Crippen molar-refractivity contribution >= 4 is 34.7 Å². The van der Waals surface area contributed by atoms with Crippen LogP contribution in [0.1, 0.15) is 6.92 Å². The van der Waals surface area contributed by atoms with Crippen molar-refractivity contribution in [1.82, 2.24) is 9.97 Å². The van der Waals surface area contributed by atoms with Gasteiger partial charge in [0.05, 0.1) is 16.3 Å². The Bertz CT molecular complexity index is 721. The van der Waals surface area contributed by atoms with Gasteiger partial charge in [-0.25, -0.2) is 4.98 Å².